The van der Waals surface area contributed by atoms with E-state index in [0.29, 0.717) is 10.7 Å². The molecule has 1 fully saturated rings. The fraction of sp³-hybridized carbons (Fsp3) is 0.235. The van der Waals surface area contributed by atoms with Crippen LogP contribution in [0.5, 0.6) is 0 Å². The third-order valence-corrected chi connectivity index (χ3v) is 7.84. The lowest BCUT2D eigenvalue weighted by molar-refractivity contribution is -0.119. The van der Waals surface area contributed by atoms with Gasteiger partial charge in [0.1, 0.15) is 0 Å². The van der Waals surface area contributed by atoms with Crippen LogP contribution in [-0.4, -0.2) is 28.5 Å². The molecule has 0 aliphatic carbocycles. The van der Waals surface area contributed by atoms with Gasteiger partial charge < -0.3 is 0 Å². The summed E-state index contributed by atoms with van der Waals surface area (Å²) in [6, 6.07) is 9.87. The Kier molecular flexibility index (Phi) is 4.96. The zero-order valence-electron chi connectivity index (χ0n) is 14.5. The van der Waals surface area contributed by atoms with Crippen molar-refractivity contribution >= 4 is 48.9 Å². The van der Waals surface area contributed by atoms with Crippen molar-refractivity contribution in [2.45, 2.75) is 18.7 Å². The number of anilines is 2. The highest BCUT2D eigenvalue weighted by molar-refractivity contribution is 7.94. The van der Waals surface area contributed by atoms with Crippen LogP contribution in [0.15, 0.2) is 47.4 Å². The summed E-state index contributed by atoms with van der Waals surface area (Å²) in [6.45, 7) is 3.34. The van der Waals surface area contributed by atoms with Gasteiger partial charge in [0, 0.05) is 5.02 Å². The van der Waals surface area contributed by atoms with Crippen molar-refractivity contribution in [3.05, 3.63) is 53.1 Å². The summed E-state index contributed by atoms with van der Waals surface area (Å²) in [5, 5.41) is 0.428. The quantitative estimate of drug-likeness (QED) is 0.806. The van der Waals surface area contributed by atoms with Gasteiger partial charge in [0.25, 0.3) is 10.0 Å². The Labute approximate surface area is 163 Å². The van der Waals surface area contributed by atoms with E-state index in [2.05, 4.69) is 4.72 Å². The number of nitrogens with one attached hydrogen (secondary N) is 1. The molecule has 1 saturated heterocycles. The second kappa shape index (κ2) is 6.81. The van der Waals surface area contributed by atoms with Crippen molar-refractivity contribution in [2.24, 2.45) is 5.92 Å². The van der Waals surface area contributed by atoms with Gasteiger partial charge in [-0.15, -0.1) is 0 Å². The van der Waals surface area contributed by atoms with Crippen LogP contribution in [0.25, 0.3) is 0 Å². The highest BCUT2D eigenvalue weighted by Crippen LogP contribution is 2.29. The van der Waals surface area contributed by atoms with E-state index in [0.717, 1.165) is 9.87 Å². The van der Waals surface area contributed by atoms with Crippen LogP contribution < -0.4 is 9.03 Å². The predicted molar refractivity (Wildman–Crippen MR) is 104 cm³/mol. The van der Waals surface area contributed by atoms with Crippen LogP contribution in [0.1, 0.15) is 12.5 Å². The molecule has 1 aliphatic rings. The molecule has 27 heavy (non-hydrogen) atoms. The zero-order chi connectivity index (χ0) is 20.0. The van der Waals surface area contributed by atoms with Crippen LogP contribution in [0.3, 0.4) is 0 Å². The largest absolute Gasteiger partial charge is 0.280 e. The molecule has 0 aromatic heterocycles. The van der Waals surface area contributed by atoms with Crippen LogP contribution >= 0.6 is 11.6 Å². The van der Waals surface area contributed by atoms with Gasteiger partial charge in [0.05, 0.1) is 27.9 Å². The number of hydrogen-bond donors (Lipinski definition) is 1. The van der Waals surface area contributed by atoms with Gasteiger partial charge in [-0.3, -0.25) is 9.52 Å². The average Bonchev–Trinajstić information content (AvgIpc) is 2.78. The Morgan fingerprint density at radius 1 is 1.15 bits per heavy atom. The Bertz CT molecular complexity index is 1110. The summed E-state index contributed by atoms with van der Waals surface area (Å²) in [5.74, 6) is -1.42. The van der Waals surface area contributed by atoms with E-state index in [1.165, 1.54) is 37.3 Å². The number of nitrogens with zero attached hydrogens (tertiary/aromatic N) is 1. The van der Waals surface area contributed by atoms with Crippen molar-refractivity contribution in [1.29, 1.82) is 0 Å². The van der Waals surface area contributed by atoms with E-state index >= 15 is 0 Å². The van der Waals surface area contributed by atoms with Gasteiger partial charge in [-0.2, -0.15) is 0 Å². The summed E-state index contributed by atoms with van der Waals surface area (Å²) in [7, 11) is -7.64. The van der Waals surface area contributed by atoms with E-state index < -0.39 is 31.9 Å². The standard InChI is InChI=1S/C17H17ClN2O5S2/c1-11-3-4-13(9-16(11)18)19-27(24,25)15-7-5-14(6-8-15)20-17(21)12(2)10-26(20,22)23/h3-9,12,19H,10H2,1-2H3/t12-/m0/s1. The molecule has 1 amide bonds. The molecule has 10 heteroatoms. The van der Waals surface area contributed by atoms with Crippen molar-refractivity contribution in [2.75, 3.05) is 14.8 Å². The van der Waals surface area contributed by atoms with Gasteiger partial charge >= 0.3 is 0 Å². The minimum Gasteiger partial charge on any atom is -0.280 e. The normalized spacial score (nSPS) is 19.3. The number of amides is 1. The van der Waals surface area contributed by atoms with Gasteiger partial charge in [-0.1, -0.05) is 24.6 Å². The maximum Gasteiger partial charge on any atom is 0.261 e. The Balaban J connectivity index is 1.88. The number of aryl methyl sites for hydroxylation is 1. The number of benzene rings is 2. The van der Waals surface area contributed by atoms with Crippen molar-refractivity contribution < 1.29 is 21.6 Å². The van der Waals surface area contributed by atoms with E-state index in [9.17, 15) is 21.6 Å². The number of carbonyl (C=O) groups is 1. The molecular formula is C17H17ClN2O5S2. The summed E-state index contributed by atoms with van der Waals surface area (Å²) in [6.07, 6.45) is 0. The smallest absolute Gasteiger partial charge is 0.261 e. The monoisotopic (exact) mass is 428 g/mol. The molecule has 2 aromatic rings. The number of rotatable bonds is 4. The van der Waals surface area contributed by atoms with Gasteiger partial charge in [-0.05, 0) is 48.9 Å². The molecule has 1 aliphatic heterocycles. The first-order chi connectivity index (χ1) is 12.5. The molecule has 2 aromatic carbocycles. The van der Waals surface area contributed by atoms with E-state index in [1.54, 1.807) is 19.1 Å². The third kappa shape index (κ3) is 3.80. The first kappa shape index (κ1) is 19.7. The molecule has 1 N–H and O–H groups in total. The molecule has 0 spiro atoms. The lowest BCUT2D eigenvalue weighted by Crippen LogP contribution is -2.30. The Hall–Kier alpha value is -2.10. The molecule has 144 valence electrons. The van der Waals surface area contributed by atoms with E-state index in [-0.39, 0.29) is 16.3 Å². The number of sulfonamides is 2. The lowest BCUT2D eigenvalue weighted by atomic mass is 10.2. The summed E-state index contributed by atoms with van der Waals surface area (Å²) < 4.78 is 52.4. The molecule has 0 radical (unpaired) electrons. The summed E-state index contributed by atoms with van der Waals surface area (Å²) in [5.41, 5.74) is 1.23. The maximum absolute atomic E-state index is 12.5. The highest BCUT2D eigenvalue weighted by atomic mass is 35.5. The van der Waals surface area contributed by atoms with Crippen LogP contribution in [0.2, 0.25) is 5.02 Å². The summed E-state index contributed by atoms with van der Waals surface area (Å²) in [4.78, 5) is 12.0. The second-order valence-electron chi connectivity index (χ2n) is 6.35. The molecule has 1 atom stereocenters. The molecule has 3 rings (SSSR count). The van der Waals surface area contributed by atoms with Crippen LogP contribution in [0.4, 0.5) is 11.4 Å². The molecular weight excluding hydrogens is 412 g/mol. The van der Waals surface area contributed by atoms with Crippen molar-refractivity contribution in [3.8, 4) is 0 Å². The fourth-order valence-electron chi connectivity index (χ4n) is 2.72. The highest BCUT2D eigenvalue weighted by Gasteiger charge is 2.41. The molecule has 7 nitrogen and oxygen atoms in total. The van der Waals surface area contributed by atoms with Crippen LogP contribution in [-0.2, 0) is 24.8 Å². The van der Waals surface area contributed by atoms with E-state index in [4.69, 9.17) is 11.6 Å². The average molecular weight is 429 g/mol. The Morgan fingerprint density at radius 2 is 1.78 bits per heavy atom. The summed E-state index contributed by atoms with van der Waals surface area (Å²) >= 11 is 6.01. The second-order valence-corrected chi connectivity index (χ2v) is 10.3. The van der Waals surface area contributed by atoms with Gasteiger partial charge in [0.15, 0.2) is 0 Å². The minimum atomic E-state index is -3.90. The number of halogens is 1. The van der Waals surface area contributed by atoms with E-state index in [1.807, 2.05) is 0 Å². The lowest BCUT2D eigenvalue weighted by Gasteiger charge is -2.16. The zero-order valence-corrected chi connectivity index (χ0v) is 16.9. The maximum atomic E-state index is 12.5. The number of hydrogen-bond acceptors (Lipinski definition) is 5. The number of carbonyl (C=O) groups excluding carboxylic acids is 1. The minimum absolute atomic E-state index is 0.0694. The fourth-order valence-corrected chi connectivity index (χ4v) is 5.77. The van der Waals surface area contributed by atoms with Gasteiger partial charge in [0.2, 0.25) is 15.9 Å². The molecule has 0 bridgehead atoms. The van der Waals surface area contributed by atoms with Gasteiger partial charge in [-0.25, -0.2) is 21.1 Å². The van der Waals surface area contributed by atoms with Crippen LogP contribution in [0, 0.1) is 12.8 Å². The Morgan fingerprint density at radius 3 is 2.30 bits per heavy atom. The predicted octanol–water partition coefficient (Wildman–Crippen LogP) is 2.76. The third-order valence-electron chi connectivity index (χ3n) is 4.17. The van der Waals surface area contributed by atoms with Crippen molar-refractivity contribution in [3.63, 3.8) is 0 Å². The topological polar surface area (TPSA) is 101 Å². The molecule has 0 unspecified atom stereocenters. The molecule has 1 heterocycles. The first-order valence-electron chi connectivity index (χ1n) is 7.97. The molecule has 0 saturated carbocycles. The van der Waals surface area contributed by atoms with Crippen molar-refractivity contribution in [1.82, 2.24) is 0 Å². The first-order valence-corrected chi connectivity index (χ1v) is 11.4. The SMILES string of the molecule is Cc1ccc(NS(=O)(=O)c2ccc(N3C(=O)[C@@H](C)CS3(=O)=O)cc2)cc1Cl.